The van der Waals surface area contributed by atoms with Crippen molar-refractivity contribution < 1.29 is 42.5 Å². The van der Waals surface area contributed by atoms with Crippen LogP contribution in [0.25, 0.3) is 0 Å². The van der Waals surface area contributed by atoms with Gasteiger partial charge in [0.1, 0.15) is 17.9 Å². The van der Waals surface area contributed by atoms with Crippen LogP contribution in [0, 0.1) is 0 Å². The monoisotopic (exact) mass is 483 g/mol. The van der Waals surface area contributed by atoms with Crippen LogP contribution in [0.2, 0.25) is 0 Å². The minimum absolute atomic E-state index is 0.0683. The second-order valence-electron chi connectivity index (χ2n) is 7.37. The number of alkyl halides is 3. The maximum atomic E-state index is 13.1. The van der Waals surface area contributed by atoms with Crippen molar-refractivity contribution in [3.8, 4) is 5.75 Å². The van der Waals surface area contributed by atoms with Gasteiger partial charge in [0.05, 0.1) is 31.8 Å². The van der Waals surface area contributed by atoms with Crippen LogP contribution in [-0.2, 0) is 35.3 Å². The summed E-state index contributed by atoms with van der Waals surface area (Å²) in [5.41, 5.74) is -2.09. The molecule has 2 heterocycles. The molecule has 2 amide bonds. The van der Waals surface area contributed by atoms with Gasteiger partial charge in [-0.1, -0.05) is 12.1 Å². The molecular formula is C21H20F3N3O7. The van der Waals surface area contributed by atoms with E-state index in [2.05, 4.69) is 0 Å². The van der Waals surface area contributed by atoms with Crippen molar-refractivity contribution in [2.45, 2.75) is 32.7 Å². The highest BCUT2D eigenvalue weighted by Crippen LogP contribution is 2.33. The van der Waals surface area contributed by atoms with Gasteiger partial charge < -0.3 is 24.8 Å². The fraction of sp³-hybridized carbons (Fsp3) is 0.333. The summed E-state index contributed by atoms with van der Waals surface area (Å²) in [6.45, 7) is 0.210. The Morgan fingerprint density at radius 2 is 1.79 bits per heavy atom. The summed E-state index contributed by atoms with van der Waals surface area (Å²) >= 11 is 0. The quantitative estimate of drug-likeness (QED) is 0.571. The van der Waals surface area contributed by atoms with E-state index >= 15 is 0 Å². The summed E-state index contributed by atoms with van der Waals surface area (Å²) in [5.74, 6) is -3.24. The van der Waals surface area contributed by atoms with E-state index in [-0.39, 0.29) is 43.1 Å². The molecule has 0 saturated heterocycles. The molecule has 1 aliphatic rings. The number of nitrogens with zero attached hydrogens (tertiary/aromatic N) is 2. The molecule has 0 unspecified atom stereocenters. The van der Waals surface area contributed by atoms with Gasteiger partial charge in [0, 0.05) is 11.3 Å². The van der Waals surface area contributed by atoms with Crippen LogP contribution in [0.15, 0.2) is 29.1 Å². The van der Waals surface area contributed by atoms with E-state index in [1.807, 2.05) is 5.32 Å². The summed E-state index contributed by atoms with van der Waals surface area (Å²) in [7, 11) is 0. The van der Waals surface area contributed by atoms with E-state index in [1.54, 1.807) is 6.92 Å². The van der Waals surface area contributed by atoms with Gasteiger partial charge in [-0.25, -0.2) is 4.79 Å². The molecule has 3 rings (SSSR count). The highest BCUT2D eigenvalue weighted by atomic mass is 19.4. The van der Waals surface area contributed by atoms with Crippen LogP contribution in [0.5, 0.6) is 5.75 Å². The molecule has 1 aliphatic heterocycles. The zero-order valence-electron chi connectivity index (χ0n) is 17.8. The third-order valence-electron chi connectivity index (χ3n) is 5.12. The molecule has 34 heavy (non-hydrogen) atoms. The van der Waals surface area contributed by atoms with Crippen LogP contribution in [0.3, 0.4) is 0 Å². The summed E-state index contributed by atoms with van der Waals surface area (Å²) in [5, 5.41) is 21.4. The lowest BCUT2D eigenvalue weighted by molar-refractivity contribution is -0.138. The van der Waals surface area contributed by atoms with Crippen molar-refractivity contribution in [1.29, 1.82) is 0 Å². The first-order chi connectivity index (χ1) is 15.9. The fourth-order valence-electron chi connectivity index (χ4n) is 3.53. The van der Waals surface area contributed by atoms with Crippen LogP contribution < -0.4 is 10.9 Å². The molecule has 0 bridgehead atoms. The molecule has 1 aromatic heterocycles. The Kier molecular flexibility index (Phi) is 6.84. The van der Waals surface area contributed by atoms with E-state index in [9.17, 15) is 37.5 Å². The Balaban J connectivity index is 2.07. The standard InChI is InChI=1S/C21H20F3N3O7/c1-2-34-20(33)26-9-13-14(10-26)27(8-11-3-5-12(6-4-11)21(22,23)24)19(32)16(17(13)30)18(31)25-7-15(28)29/h3-6,30H,2,7-10H2,1H3,(H,25,31)(H,28,29). The Morgan fingerprint density at radius 1 is 1.15 bits per heavy atom. The molecule has 0 saturated carbocycles. The van der Waals surface area contributed by atoms with Gasteiger partial charge in [0.15, 0.2) is 0 Å². The number of carboxylic acid groups (broad SMARTS) is 1. The first-order valence-corrected chi connectivity index (χ1v) is 9.99. The average Bonchev–Trinajstić information content (AvgIpc) is 3.21. The zero-order chi connectivity index (χ0) is 25.2. The summed E-state index contributed by atoms with van der Waals surface area (Å²) in [6.07, 6.45) is -5.28. The molecule has 2 aromatic rings. The number of aliphatic carboxylic acids is 1. The number of amides is 2. The van der Waals surface area contributed by atoms with Gasteiger partial charge in [-0.05, 0) is 24.6 Å². The van der Waals surface area contributed by atoms with E-state index in [4.69, 9.17) is 9.84 Å². The minimum atomic E-state index is -4.55. The van der Waals surface area contributed by atoms with Crippen molar-refractivity contribution in [2.24, 2.45) is 0 Å². The first kappa shape index (κ1) is 24.6. The van der Waals surface area contributed by atoms with Crippen LogP contribution >= 0.6 is 0 Å². The largest absolute Gasteiger partial charge is 0.506 e. The van der Waals surface area contributed by atoms with Gasteiger partial charge in [-0.2, -0.15) is 13.2 Å². The average molecular weight is 483 g/mol. The predicted octanol–water partition coefficient (Wildman–Crippen LogP) is 1.91. The summed E-state index contributed by atoms with van der Waals surface area (Å²) in [4.78, 5) is 49.8. The number of pyridine rings is 1. The molecule has 13 heteroatoms. The molecule has 182 valence electrons. The van der Waals surface area contributed by atoms with Crippen molar-refractivity contribution >= 4 is 18.0 Å². The third kappa shape index (κ3) is 4.97. The molecule has 10 nitrogen and oxygen atoms in total. The number of benzene rings is 1. The van der Waals surface area contributed by atoms with Gasteiger partial charge in [-0.3, -0.25) is 19.3 Å². The van der Waals surface area contributed by atoms with E-state index in [0.717, 1.165) is 28.8 Å². The van der Waals surface area contributed by atoms with Crippen LogP contribution in [-0.4, -0.2) is 50.8 Å². The number of fused-ring (bicyclic) bond motifs is 1. The number of ether oxygens (including phenoxy) is 1. The van der Waals surface area contributed by atoms with E-state index in [1.165, 1.54) is 4.90 Å². The normalized spacial score (nSPS) is 12.9. The molecule has 0 spiro atoms. The topological polar surface area (TPSA) is 138 Å². The Labute approximate surface area is 190 Å². The number of nitrogens with one attached hydrogen (secondary N) is 1. The highest BCUT2D eigenvalue weighted by molar-refractivity contribution is 5.98. The zero-order valence-corrected chi connectivity index (χ0v) is 17.8. The summed E-state index contributed by atoms with van der Waals surface area (Å²) in [6, 6.07) is 4.01. The van der Waals surface area contributed by atoms with E-state index < -0.39 is 53.1 Å². The lowest BCUT2D eigenvalue weighted by atomic mass is 10.1. The molecule has 0 aliphatic carbocycles. The highest BCUT2D eigenvalue weighted by Gasteiger charge is 2.34. The number of rotatable bonds is 6. The maximum Gasteiger partial charge on any atom is 0.416 e. The number of aromatic nitrogens is 1. The Hall–Kier alpha value is -4.03. The van der Waals surface area contributed by atoms with Gasteiger partial charge >= 0.3 is 18.2 Å². The van der Waals surface area contributed by atoms with Crippen molar-refractivity contribution in [3.05, 3.63) is 62.6 Å². The second-order valence-corrected chi connectivity index (χ2v) is 7.37. The third-order valence-corrected chi connectivity index (χ3v) is 5.12. The number of carbonyl (C=O) groups is 3. The minimum Gasteiger partial charge on any atom is -0.506 e. The lowest BCUT2D eigenvalue weighted by Crippen LogP contribution is -2.37. The van der Waals surface area contributed by atoms with E-state index in [0.29, 0.717) is 0 Å². The number of halogens is 3. The lowest BCUT2D eigenvalue weighted by Gasteiger charge is -2.16. The van der Waals surface area contributed by atoms with Crippen molar-refractivity contribution in [3.63, 3.8) is 0 Å². The Bertz CT molecular complexity index is 1190. The van der Waals surface area contributed by atoms with Crippen LogP contribution in [0.4, 0.5) is 18.0 Å². The molecule has 1 aromatic carbocycles. The molecule has 0 fully saturated rings. The SMILES string of the molecule is CCOC(=O)N1Cc2c(O)c(C(=O)NCC(=O)O)c(=O)n(Cc3ccc(C(F)(F)F)cc3)c2C1. The Morgan fingerprint density at radius 3 is 2.35 bits per heavy atom. The first-order valence-electron chi connectivity index (χ1n) is 9.99. The molecule has 0 atom stereocenters. The van der Waals surface area contributed by atoms with Gasteiger partial charge in [-0.15, -0.1) is 0 Å². The molecule has 0 radical (unpaired) electrons. The number of hydrogen-bond donors (Lipinski definition) is 3. The predicted molar refractivity (Wildman–Crippen MR) is 109 cm³/mol. The number of carboxylic acids is 1. The fourth-order valence-corrected chi connectivity index (χ4v) is 3.53. The van der Waals surface area contributed by atoms with Crippen LogP contribution in [0.1, 0.15) is 39.7 Å². The second kappa shape index (κ2) is 9.45. The number of carbonyl (C=O) groups excluding carboxylic acids is 2. The summed E-state index contributed by atoms with van der Waals surface area (Å²) < 4.78 is 44.6. The van der Waals surface area contributed by atoms with Crippen molar-refractivity contribution in [1.82, 2.24) is 14.8 Å². The number of aromatic hydroxyl groups is 1. The maximum absolute atomic E-state index is 13.1. The molecule has 3 N–H and O–H groups in total. The smallest absolute Gasteiger partial charge is 0.416 e. The van der Waals surface area contributed by atoms with Crippen molar-refractivity contribution in [2.75, 3.05) is 13.2 Å². The molecular weight excluding hydrogens is 463 g/mol. The van der Waals surface area contributed by atoms with Gasteiger partial charge in [0.25, 0.3) is 11.5 Å². The number of hydrogen-bond acceptors (Lipinski definition) is 6. The van der Waals surface area contributed by atoms with Gasteiger partial charge in [0.2, 0.25) is 0 Å².